The normalized spacial score (nSPS) is 11.1. The molecule has 23 heavy (non-hydrogen) atoms. The minimum Gasteiger partial charge on any atom is -0.508 e. The van der Waals surface area contributed by atoms with E-state index < -0.39 is 0 Å². The van der Waals surface area contributed by atoms with Gasteiger partial charge in [0.05, 0.1) is 16.7 Å². The van der Waals surface area contributed by atoms with E-state index in [1.807, 2.05) is 48.5 Å². The van der Waals surface area contributed by atoms with Gasteiger partial charge in [-0.15, -0.1) is 0 Å². The zero-order chi connectivity index (χ0) is 15.8. The number of aromatic nitrogens is 2. The zero-order valence-electron chi connectivity index (χ0n) is 12.4. The summed E-state index contributed by atoms with van der Waals surface area (Å²) in [6.45, 7) is 0. The van der Waals surface area contributed by atoms with E-state index in [2.05, 4.69) is 4.98 Å². The van der Waals surface area contributed by atoms with Crippen LogP contribution in [0.1, 0.15) is 11.3 Å². The van der Waals surface area contributed by atoms with Crippen molar-refractivity contribution in [3.05, 3.63) is 71.9 Å². The maximum atomic E-state index is 9.64. The Bertz CT molecular complexity index is 1010. The molecule has 3 aromatic carbocycles. The lowest BCUT2D eigenvalue weighted by Crippen LogP contribution is -2.03. The number of anilines is 1. The van der Waals surface area contributed by atoms with Gasteiger partial charge in [-0.2, -0.15) is 0 Å². The molecule has 0 aliphatic carbocycles. The van der Waals surface area contributed by atoms with Crippen LogP contribution in [-0.4, -0.2) is 15.1 Å². The summed E-state index contributed by atoms with van der Waals surface area (Å²) in [6, 6.07) is 19.1. The van der Waals surface area contributed by atoms with Gasteiger partial charge in [0.1, 0.15) is 11.6 Å². The number of hydrogen-bond donors (Lipinski definition) is 2. The van der Waals surface area contributed by atoms with Gasteiger partial charge >= 0.3 is 0 Å². The Kier molecular flexibility index (Phi) is 3.08. The Morgan fingerprint density at radius 3 is 2.57 bits per heavy atom. The molecule has 0 saturated heterocycles. The van der Waals surface area contributed by atoms with Crippen molar-refractivity contribution < 1.29 is 5.11 Å². The summed E-state index contributed by atoms with van der Waals surface area (Å²) < 4.78 is 0. The Hall–Kier alpha value is -3.14. The molecule has 3 N–H and O–H groups in total. The molecule has 0 aliphatic rings. The quantitative estimate of drug-likeness (QED) is 0.554. The Morgan fingerprint density at radius 1 is 0.913 bits per heavy atom. The first-order valence-electron chi connectivity index (χ1n) is 7.42. The smallest absolute Gasteiger partial charge is 0.146 e. The molecular weight excluding hydrogens is 286 g/mol. The molecule has 0 radical (unpaired) electrons. The largest absolute Gasteiger partial charge is 0.508 e. The van der Waals surface area contributed by atoms with Crippen LogP contribution in [-0.2, 0) is 6.42 Å². The van der Waals surface area contributed by atoms with Gasteiger partial charge in [-0.05, 0) is 35.2 Å². The summed E-state index contributed by atoms with van der Waals surface area (Å²) in [4.78, 5) is 9.26. The number of benzene rings is 3. The first-order valence-corrected chi connectivity index (χ1v) is 7.42. The maximum absolute atomic E-state index is 9.64. The third-order valence-corrected chi connectivity index (χ3v) is 3.95. The van der Waals surface area contributed by atoms with Crippen LogP contribution >= 0.6 is 0 Å². The number of nitrogen functional groups attached to an aromatic ring is 1. The van der Waals surface area contributed by atoms with Crippen LogP contribution in [0.25, 0.3) is 21.8 Å². The van der Waals surface area contributed by atoms with Crippen molar-refractivity contribution in [3.8, 4) is 5.75 Å². The van der Waals surface area contributed by atoms with Crippen LogP contribution < -0.4 is 5.73 Å². The lowest BCUT2D eigenvalue weighted by atomic mass is 10.1. The second kappa shape index (κ2) is 5.25. The first-order chi connectivity index (χ1) is 11.2. The monoisotopic (exact) mass is 301 g/mol. The molecule has 0 fully saturated rings. The fourth-order valence-electron chi connectivity index (χ4n) is 2.80. The van der Waals surface area contributed by atoms with Crippen molar-refractivity contribution in [1.82, 2.24) is 9.97 Å². The molecule has 1 aromatic heterocycles. The molecular formula is C19H15N3O. The van der Waals surface area contributed by atoms with Crippen molar-refractivity contribution in [2.24, 2.45) is 0 Å². The Morgan fingerprint density at radius 2 is 1.74 bits per heavy atom. The average molecular weight is 301 g/mol. The minimum absolute atomic E-state index is 0.241. The molecule has 0 saturated carbocycles. The summed E-state index contributed by atoms with van der Waals surface area (Å²) in [6.07, 6.45) is 0.643. The number of aromatic hydroxyl groups is 1. The number of rotatable bonds is 2. The van der Waals surface area contributed by atoms with E-state index in [1.54, 1.807) is 12.1 Å². The maximum Gasteiger partial charge on any atom is 0.146 e. The molecule has 0 spiro atoms. The fraction of sp³-hybridized carbons (Fsp3) is 0.0526. The highest BCUT2D eigenvalue weighted by Crippen LogP contribution is 2.27. The van der Waals surface area contributed by atoms with Gasteiger partial charge in [0.25, 0.3) is 0 Å². The van der Waals surface area contributed by atoms with Crippen LogP contribution in [0.3, 0.4) is 0 Å². The van der Waals surface area contributed by atoms with Crippen LogP contribution in [0.15, 0.2) is 60.7 Å². The SMILES string of the molecule is Nc1nc2ccc3cc(O)ccc3c2nc1Cc1ccccc1. The molecule has 1 heterocycles. The highest BCUT2D eigenvalue weighted by molar-refractivity contribution is 6.04. The predicted octanol–water partition coefficient (Wildman–Crippen LogP) is 3.66. The molecule has 0 atom stereocenters. The van der Waals surface area contributed by atoms with Crippen LogP contribution in [0, 0.1) is 0 Å². The van der Waals surface area contributed by atoms with Gasteiger partial charge in [0, 0.05) is 11.8 Å². The number of phenols is 1. The predicted molar refractivity (Wildman–Crippen MR) is 92.4 cm³/mol. The zero-order valence-corrected chi connectivity index (χ0v) is 12.4. The standard InChI is InChI=1S/C19H15N3O/c20-19-17(10-12-4-2-1-3-5-12)21-18-15-8-7-14(23)11-13(15)6-9-16(18)22-19/h1-9,11,23H,10H2,(H2,20,22). The molecule has 0 bridgehead atoms. The van der Waals surface area contributed by atoms with E-state index in [1.165, 1.54) is 0 Å². The van der Waals surface area contributed by atoms with Gasteiger partial charge in [-0.3, -0.25) is 0 Å². The second-order valence-corrected chi connectivity index (χ2v) is 5.56. The minimum atomic E-state index is 0.241. The molecule has 0 amide bonds. The number of phenolic OH excluding ortho intramolecular Hbond substituents is 1. The summed E-state index contributed by atoms with van der Waals surface area (Å²) in [7, 11) is 0. The van der Waals surface area contributed by atoms with Crippen LogP contribution in [0.5, 0.6) is 5.75 Å². The lowest BCUT2D eigenvalue weighted by Gasteiger charge is -2.09. The van der Waals surface area contributed by atoms with Gasteiger partial charge < -0.3 is 10.8 Å². The molecule has 4 heteroatoms. The number of nitrogens with zero attached hydrogens (tertiary/aromatic N) is 2. The average Bonchev–Trinajstić information content (AvgIpc) is 2.56. The molecule has 4 rings (SSSR count). The van der Waals surface area contributed by atoms with Gasteiger partial charge in [-0.1, -0.05) is 36.4 Å². The van der Waals surface area contributed by atoms with E-state index in [0.717, 1.165) is 33.1 Å². The highest BCUT2D eigenvalue weighted by atomic mass is 16.3. The fourth-order valence-corrected chi connectivity index (χ4v) is 2.80. The first kappa shape index (κ1) is 13.5. The molecule has 4 aromatic rings. The Balaban J connectivity index is 1.91. The van der Waals surface area contributed by atoms with Crippen molar-refractivity contribution in [1.29, 1.82) is 0 Å². The van der Waals surface area contributed by atoms with Crippen LogP contribution in [0.4, 0.5) is 5.82 Å². The molecule has 0 unspecified atom stereocenters. The summed E-state index contributed by atoms with van der Waals surface area (Å²) in [5.41, 5.74) is 9.57. The van der Waals surface area contributed by atoms with Crippen molar-refractivity contribution in [2.45, 2.75) is 6.42 Å². The van der Waals surface area contributed by atoms with Crippen molar-refractivity contribution >= 4 is 27.6 Å². The molecule has 112 valence electrons. The van der Waals surface area contributed by atoms with E-state index in [0.29, 0.717) is 12.2 Å². The summed E-state index contributed by atoms with van der Waals surface area (Å²) >= 11 is 0. The summed E-state index contributed by atoms with van der Waals surface area (Å²) in [5, 5.41) is 11.5. The van der Waals surface area contributed by atoms with E-state index >= 15 is 0 Å². The Labute approximate surface area is 133 Å². The van der Waals surface area contributed by atoms with Gasteiger partial charge in [-0.25, -0.2) is 9.97 Å². The molecule has 4 nitrogen and oxygen atoms in total. The van der Waals surface area contributed by atoms with Gasteiger partial charge in [0.2, 0.25) is 0 Å². The van der Waals surface area contributed by atoms with E-state index in [4.69, 9.17) is 10.7 Å². The number of nitrogens with two attached hydrogens (primary N) is 1. The third kappa shape index (κ3) is 2.44. The topological polar surface area (TPSA) is 72.0 Å². The third-order valence-electron chi connectivity index (χ3n) is 3.95. The summed E-state index contributed by atoms with van der Waals surface area (Å²) in [5.74, 6) is 0.698. The number of fused-ring (bicyclic) bond motifs is 3. The molecule has 0 aliphatic heterocycles. The second-order valence-electron chi connectivity index (χ2n) is 5.56. The van der Waals surface area contributed by atoms with Crippen molar-refractivity contribution in [3.63, 3.8) is 0 Å². The highest BCUT2D eigenvalue weighted by Gasteiger charge is 2.10. The lowest BCUT2D eigenvalue weighted by molar-refractivity contribution is 0.476. The van der Waals surface area contributed by atoms with E-state index in [-0.39, 0.29) is 5.75 Å². The van der Waals surface area contributed by atoms with Crippen LogP contribution in [0.2, 0.25) is 0 Å². The number of hydrogen-bond acceptors (Lipinski definition) is 4. The van der Waals surface area contributed by atoms with E-state index in [9.17, 15) is 5.11 Å². The van der Waals surface area contributed by atoms with Gasteiger partial charge in [0.15, 0.2) is 0 Å². The van der Waals surface area contributed by atoms with Crippen molar-refractivity contribution in [2.75, 3.05) is 5.73 Å².